The van der Waals surface area contributed by atoms with Gasteiger partial charge in [0.15, 0.2) is 0 Å². The molecular formula is C23H17ClN2O3S2. The number of benzene rings is 2. The van der Waals surface area contributed by atoms with Crippen LogP contribution in [0.25, 0.3) is 17.4 Å². The van der Waals surface area contributed by atoms with Crippen LogP contribution in [0.4, 0.5) is 0 Å². The highest BCUT2D eigenvalue weighted by Gasteiger charge is 2.33. The van der Waals surface area contributed by atoms with Gasteiger partial charge in [0.05, 0.1) is 9.93 Å². The minimum Gasteiger partial charge on any atom is -0.457 e. The van der Waals surface area contributed by atoms with E-state index in [1.54, 1.807) is 24.3 Å². The number of nitrogens with one attached hydrogen (secondary N) is 1. The fraction of sp³-hybridized carbons (Fsp3) is 0.0870. The molecule has 1 aliphatic heterocycles. The highest BCUT2D eigenvalue weighted by molar-refractivity contribution is 8.26. The number of furan rings is 1. The SMILES string of the molecule is O=C(CN1C(=O)C(=Cc2ccc(-c3ccccc3Cl)o2)SC1=S)NCc1ccccc1. The van der Waals surface area contributed by atoms with Gasteiger partial charge in [0.1, 0.15) is 22.4 Å². The van der Waals surface area contributed by atoms with Crippen molar-refractivity contribution in [3.63, 3.8) is 0 Å². The van der Waals surface area contributed by atoms with Gasteiger partial charge in [-0.1, -0.05) is 78.0 Å². The number of thioether (sulfide) groups is 1. The molecular weight excluding hydrogens is 452 g/mol. The van der Waals surface area contributed by atoms with Crippen LogP contribution in [0.2, 0.25) is 5.02 Å². The molecule has 1 aliphatic rings. The standard InChI is InChI=1S/C23H17ClN2O3S2/c24-18-9-5-4-8-17(18)19-11-10-16(29-19)12-20-22(28)26(23(30)31-20)14-21(27)25-13-15-6-2-1-3-7-15/h1-12H,13-14H2,(H,25,27). The summed E-state index contributed by atoms with van der Waals surface area (Å²) >= 11 is 12.7. The molecule has 0 spiro atoms. The van der Waals surface area contributed by atoms with Crippen molar-refractivity contribution in [3.05, 3.63) is 88.0 Å². The molecule has 4 rings (SSSR count). The van der Waals surface area contributed by atoms with E-state index >= 15 is 0 Å². The molecule has 0 atom stereocenters. The summed E-state index contributed by atoms with van der Waals surface area (Å²) in [4.78, 5) is 26.8. The lowest BCUT2D eigenvalue weighted by atomic mass is 10.2. The van der Waals surface area contributed by atoms with Gasteiger partial charge in [-0.05, 0) is 29.8 Å². The van der Waals surface area contributed by atoms with Crippen LogP contribution in [0, 0.1) is 0 Å². The fourth-order valence-electron chi connectivity index (χ4n) is 3.00. The summed E-state index contributed by atoms with van der Waals surface area (Å²) in [5, 5.41) is 3.39. The Bertz CT molecular complexity index is 1170. The third-order valence-electron chi connectivity index (χ3n) is 4.55. The average Bonchev–Trinajstić information content (AvgIpc) is 3.33. The molecule has 8 heteroatoms. The predicted molar refractivity (Wildman–Crippen MR) is 127 cm³/mol. The van der Waals surface area contributed by atoms with E-state index in [1.165, 1.54) is 4.90 Å². The highest BCUT2D eigenvalue weighted by atomic mass is 35.5. The van der Waals surface area contributed by atoms with Gasteiger partial charge in [-0.25, -0.2) is 0 Å². The number of carbonyl (C=O) groups is 2. The van der Waals surface area contributed by atoms with E-state index in [4.69, 9.17) is 28.2 Å². The first-order valence-electron chi connectivity index (χ1n) is 9.42. The Hall–Kier alpha value is -2.87. The Morgan fingerprint density at radius 3 is 2.61 bits per heavy atom. The van der Waals surface area contributed by atoms with E-state index in [-0.39, 0.29) is 18.4 Å². The molecule has 1 fully saturated rings. The first-order valence-corrected chi connectivity index (χ1v) is 11.0. The van der Waals surface area contributed by atoms with Gasteiger partial charge in [0, 0.05) is 18.2 Å². The van der Waals surface area contributed by atoms with Crippen molar-refractivity contribution < 1.29 is 14.0 Å². The molecule has 0 bridgehead atoms. The lowest BCUT2D eigenvalue weighted by Gasteiger charge is -2.14. The molecule has 0 saturated carbocycles. The molecule has 31 heavy (non-hydrogen) atoms. The van der Waals surface area contributed by atoms with E-state index in [0.717, 1.165) is 22.9 Å². The second-order valence-corrected chi connectivity index (χ2v) is 8.80. The first kappa shape index (κ1) is 21.4. The molecule has 2 amide bonds. The second-order valence-electron chi connectivity index (χ2n) is 6.71. The number of carbonyl (C=O) groups excluding carboxylic acids is 2. The molecule has 0 radical (unpaired) electrons. The zero-order valence-corrected chi connectivity index (χ0v) is 18.6. The van der Waals surface area contributed by atoms with E-state index in [1.807, 2.05) is 48.5 Å². The third-order valence-corrected chi connectivity index (χ3v) is 6.25. The monoisotopic (exact) mass is 468 g/mol. The number of amides is 2. The molecule has 1 N–H and O–H groups in total. The lowest BCUT2D eigenvalue weighted by molar-refractivity contribution is -0.128. The molecule has 156 valence electrons. The minimum absolute atomic E-state index is 0.127. The molecule has 3 aromatic rings. The van der Waals surface area contributed by atoms with Crippen LogP contribution in [-0.2, 0) is 16.1 Å². The van der Waals surface area contributed by atoms with Crippen molar-refractivity contribution in [2.75, 3.05) is 6.54 Å². The van der Waals surface area contributed by atoms with Gasteiger partial charge in [0.2, 0.25) is 5.91 Å². The number of thiocarbonyl (C=S) groups is 1. The Kier molecular flexibility index (Phi) is 6.56. The summed E-state index contributed by atoms with van der Waals surface area (Å²) in [5.41, 5.74) is 1.75. The molecule has 0 aliphatic carbocycles. The molecule has 1 aromatic heterocycles. The molecule has 5 nitrogen and oxygen atoms in total. The second kappa shape index (κ2) is 9.51. The van der Waals surface area contributed by atoms with E-state index in [2.05, 4.69) is 5.32 Å². The van der Waals surface area contributed by atoms with Crippen molar-refractivity contribution in [1.82, 2.24) is 10.2 Å². The van der Waals surface area contributed by atoms with E-state index < -0.39 is 0 Å². The maximum atomic E-state index is 12.8. The van der Waals surface area contributed by atoms with E-state index in [0.29, 0.717) is 32.3 Å². The molecule has 1 saturated heterocycles. The Balaban J connectivity index is 1.41. The number of nitrogens with zero attached hydrogens (tertiary/aromatic N) is 1. The van der Waals surface area contributed by atoms with Crippen molar-refractivity contribution in [2.24, 2.45) is 0 Å². The van der Waals surface area contributed by atoms with Gasteiger partial charge in [-0.2, -0.15) is 0 Å². The van der Waals surface area contributed by atoms with Crippen LogP contribution < -0.4 is 5.32 Å². The average molecular weight is 469 g/mol. The van der Waals surface area contributed by atoms with Crippen molar-refractivity contribution in [2.45, 2.75) is 6.54 Å². The summed E-state index contributed by atoms with van der Waals surface area (Å²) in [6.45, 7) is 0.263. The van der Waals surface area contributed by atoms with Crippen LogP contribution in [0.15, 0.2) is 76.1 Å². The van der Waals surface area contributed by atoms with Crippen molar-refractivity contribution in [1.29, 1.82) is 0 Å². The van der Waals surface area contributed by atoms with Gasteiger partial charge in [0.25, 0.3) is 5.91 Å². The van der Waals surface area contributed by atoms with Gasteiger partial charge < -0.3 is 9.73 Å². The van der Waals surface area contributed by atoms with Crippen LogP contribution in [0.1, 0.15) is 11.3 Å². The van der Waals surface area contributed by atoms with Gasteiger partial charge >= 0.3 is 0 Å². The summed E-state index contributed by atoms with van der Waals surface area (Å²) in [6.07, 6.45) is 1.63. The van der Waals surface area contributed by atoms with Crippen LogP contribution >= 0.6 is 35.6 Å². The summed E-state index contributed by atoms with van der Waals surface area (Å²) < 4.78 is 6.17. The Morgan fingerprint density at radius 1 is 1.10 bits per heavy atom. The predicted octanol–water partition coefficient (Wildman–Crippen LogP) is 5.12. The van der Waals surface area contributed by atoms with Crippen LogP contribution in [0.5, 0.6) is 0 Å². The maximum Gasteiger partial charge on any atom is 0.266 e. The molecule has 2 aromatic carbocycles. The largest absolute Gasteiger partial charge is 0.457 e. The molecule has 2 heterocycles. The number of rotatable bonds is 6. The van der Waals surface area contributed by atoms with Crippen molar-refractivity contribution >= 4 is 57.8 Å². The number of hydrogen-bond acceptors (Lipinski definition) is 5. The topological polar surface area (TPSA) is 62.6 Å². The maximum absolute atomic E-state index is 12.8. The summed E-state index contributed by atoms with van der Waals surface area (Å²) in [6, 6.07) is 20.5. The van der Waals surface area contributed by atoms with Crippen LogP contribution in [-0.4, -0.2) is 27.6 Å². The Labute approximate surface area is 194 Å². The van der Waals surface area contributed by atoms with Gasteiger partial charge in [-0.3, -0.25) is 14.5 Å². The van der Waals surface area contributed by atoms with E-state index in [9.17, 15) is 9.59 Å². The summed E-state index contributed by atoms with van der Waals surface area (Å²) in [7, 11) is 0. The quantitative estimate of drug-likeness (QED) is 0.402. The smallest absolute Gasteiger partial charge is 0.266 e. The third kappa shape index (κ3) is 5.07. The fourth-order valence-corrected chi connectivity index (χ4v) is 4.46. The minimum atomic E-state index is -0.319. The van der Waals surface area contributed by atoms with Crippen LogP contribution in [0.3, 0.4) is 0 Å². The van der Waals surface area contributed by atoms with Gasteiger partial charge in [-0.15, -0.1) is 0 Å². The Morgan fingerprint density at radius 2 is 1.84 bits per heavy atom. The zero-order chi connectivity index (χ0) is 21.8. The zero-order valence-electron chi connectivity index (χ0n) is 16.2. The van der Waals surface area contributed by atoms with Crippen molar-refractivity contribution in [3.8, 4) is 11.3 Å². The normalized spacial score (nSPS) is 15.0. The first-order chi connectivity index (χ1) is 15.0. The number of hydrogen-bond donors (Lipinski definition) is 1. The lowest BCUT2D eigenvalue weighted by Crippen LogP contribution is -2.39. The highest BCUT2D eigenvalue weighted by Crippen LogP contribution is 2.34. The molecule has 0 unspecified atom stereocenters. The number of halogens is 1. The summed E-state index contributed by atoms with van der Waals surface area (Å²) in [5.74, 6) is 0.512.